The van der Waals surface area contributed by atoms with Gasteiger partial charge in [0, 0.05) is 11.3 Å². The van der Waals surface area contributed by atoms with Gasteiger partial charge in [0.05, 0.1) is 6.61 Å². The Morgan fingerprint density at radius 3 is 2.15 bits per heavy atom. The number of ether oxygens (including phenoxy) is 1. The van der Waals surface area contributed by atoms with Gasteiger partial charge in [0.2, 0.25) is 0 Å². The number of carbonyl (C=O) groups excluding carboxylic acids is 1. The molecule has 1 aromatic carbocycles. The Bertz CT molecular complexity index is 452. The molecule has 0 heterocycles. The average Bonchev–Trinajstić information content (AvgIpc) is 2.39. The Kier molecular flexibility index (Phi) is 6.22. The average molecular weight is 276 g/mol. The number of rotatable bonds is 6. The van der Waals surface area contributed by atoms with Crippen molar-refractivity contribution in [3.05, 3.63) is 29.8 Å². The molecule has 0 bridgehead atoms. The topological polar surface area (TPSA) is 50.7 Å². The summed E-state index contributed by atoms with van der Waals surface area (Å²) in [6, 6.07) is 7.04. The Morgan fingerprint density at radius 2 is 1.70 bits per heavy atom. The van der Waals surface area contributed by atoms with E-state index >= 15 is 0 Å². The Labute approximate surface area is 121 Å². The van der Waals surface area contributed by atoms with E-state index in [9.17, 15) is 4.79 Å². The molecule has 0 aliphatic carbocycles. The maximum Gasteiger partial charge on any atom is 0.271 e. The molecule has 4 nitrogen and oxygen atoms in total. The third kappa shape index (κ3) is 4.68. The predicted molar refractivity (Wildman–Crippen MR) is 82.2 cm³/mol. The summed E-state index contributed by atoms with van der Waals surface area (Å²) in [5.74, 6) is 1.19. The molecule has 0 aliphatic rings. The fourth-order valence-electron chi connectivity index (χ4n) is 1.97. The van der Waals surface area contributed by atoms with Crippen molar-refractivity contribution in [2.75, 3.05) is 6.61 Å². The molecule has 0 saturated heterocycles. The first-order valence-electron chi connectivity index (χ1n) is 7.06. The molecule has 20 heavy (non-hydrogen) atoms. The quantitative estimate of drug-likeness (QED) is 0.639. The summed E-state index contributed by atoms with van der Waals surface area (Å²) < 4.78 is 5.34. The highest BCUT2D eigenvalue weighted by atomic mass is 16.5. The zero-order valence-electron chi connectivity index (χ0n) is 12.9. The predicted octanol–water partition coefficient (Wildman–Crippen LogP) is 3.48. The highest BCUT2D eigenvalue weighted by molar-refractivity contribution is 5.96. The summed E-state index contributed by atoms with van der Waals surface area (Å²) in [4.78, 5) is 12.0. The van der Waals surface area contributed by atoms with Crippen LogP contribution in [0, 0.1) is 11.8 Å². The van der Waals surface area contributed by atoms with Crippen LogP contribution in [0.15, 0.2) is 29.4 Å². The van der Waals surface area contributed by atoms with E-state index in [1.807, 2.05) is 6.92 Å². The minimum Gasteiger partial charge on any atom is -0.494 e. The van der Waals surface area contributed by atoms with Crippen LogP contribution in [0.1, 0.15) is 45.0 Å². The second-order valence-electron chi connectivity index (χ2n) is 5.24. The van der Waals surface area contributed by atoms with Gasteiger partial charge in [0.25, 0.3) is 5.91 Å². The summed E-state index contributed by atoms with van der Waals surface area (Å²) in [7, 11) is 0. The van der Waals surface area contributed by atoms with Crippen LogP contribution >= 0.6 is 0 Å². The minimum atomic E-state index is -0.202. The second kappa shape index (κ2) is 7.68. The third-order valence-corrected chi connectivity index (χ3v) is 2.90. The number of hydrogen-bond acceptors (Lipinski definition) is 3. The van der Waals surface area contributed by atoms with E-state index in [1.165, 1.54) is 0 Å². The van der Waals surface area contributed by atoms with Gasteiger partial charge in [-0.3, -0.25) is 4.79 Å². The molecule has 0 aromatic heterocycles. The lowest BCUT2D eigenvalue weighted by Gasteiger charge is -2.13. The van der Waals surface area contributed by atoms with Crippen LogP contribution in [0.3, 0.4) is 0 Å². The largest absolute Gasteiger partial charge is 0.494 e. The number of hydrazone groups is 1. The Balaban J connectivity index is 2.73. The molecule has 1 N–H and O–H groups in total. The molecular formula is C16H24N2O2. The molecule has 0 spiro atoms. The lowest BCUT2D eigenvalue weighted by Crippen LogP contribution is -2.24. The molecule has 0 atom stereocenters. The first kappa shape index (κ1) is 16.2. The van der Waals surface area contributed by atoms with Gasteiger partial charge in [0.1, 0.15) is 5.75 Å². The van der Waals surface area contributed by atoms with Crippen LogP contribution in [0.25, 0.3) is 0 Å². The summed E-state index contributed by atoms with van der Waals surface area (Å²) in [5.41, 5.74) is 4.18. The van der Waals surface area contributed by atoms with Crippen molar-refractivity contribution < 1.29 is 9.53 Å². The smallest absolute Gasteiger partial charge is 0.271 e. The number of nitrogens with one attached hydrogen (secondary N) is 1. The van der Waals surface area contributed by atoms with Crippen LogP contribution in [0.2, 0.25) is 0 Å². The normalized spacial score (nSPS) is 10.6. The number of amides is 1. The van der Waals surface area contributed by atoms with Gasteiger partial charge in [-0.1, -0.05) is 27.7 Å². The van der Waals surface area contributed by atoms with Gasteiger partial charge in [-0.15, -0.1) is 0 Å². The highest BCUT2D eigenvalue weighted by Gasteiger charge is 2.11. The molecule has 0 radical (unpaired) electrons. The van der Waals surface area contributed by atoms with Crippen molar-refractivity contribution >= 4 is 11.6 Å². The molecule has 1 amide bonds. The molecule has 0 fully saturated rings. The van der Waals surface area contributed by atoms with Gasteiger partial charge < -0.3 is 4.74 Å². The molecule has 0 unspecified atom stereocenters. The van der Waals surface area contributed by atoms with Crippen LogP contribution in [-0.4, -0.2) is 18.2 Å². The van der Waals surface area contributed by atoms with Crippen LogP contribution in [-0.2, 0) is 0 Å². The van der Waals surface area contributed by atoms with E-state index in [-0.39, 0.29) is 5.91 Å². The van der Waals surface area contributed by atoms with Crippen LogP contribution < -0.4 is 10.2 Å². The summed E-state index contributed by atoms with van der Waals surface area (Å²) in [6.45, 7) is 10.8. The van der Waals surface area contributed by atoms with Gasteiger partial charge >= 0.3 is 0 Å². The van der Waals surface area contributed by atoms with E-state index in [0.717, 1.165) is 11.5 Å². The van der Waals surface area contributed by atoms with Crippen LogP contribution in [0.5, 0.6) is 5.75 Å². The van der Waals surface area contributed by atoms with Crippen molar-refractivity contribution in [1.29, 1.82) is 0 Å². The first-order valence-corrected chi connectivity index (χ1v) is 7.06. The van der Waals surface area contributed by atoms with Crippen molar-refractivity contribution in [2.24, 2.45) is 16.9 Å². The van der Waals surface area contributed by atoms with E-state index in [4.69, 9.17) is 4.74 Å². The zero-order chi connectivity index (χ0) is 15.1. The monoisotopic (exact) mass is 276 g/mol. The fraction of sp³-hybridized carbons (Fsp3) is 0.500. The maximum absolute atomic E-state index is 12.0. The van der Waals surface area contributed by atoms with Gasteiger partial charge in [-0.2, -0.15) is 5.10 Å². The van der Waals surface area contributed by atoms with Crippen molar-refractivity contribution in [2.45, 2.75) is 34.6 Å². The molecule has 1 aromatic rings. The summed E-state index contributed by atoms with van der Waals surface area (Å²) in [5, 5.41) is 4.24. The van der Waals surface area contributed by atoms with E-state index in [1.54, 1.807) is 24.3 Å². The molecule has 1 rings (SSSR count). The third-order valence-electron chi connectivity index (χ3n) is 2.90. The van der Waals surface area contributed by atoms with Crippen molar-refractivity contribution in [1.82, 2.24) is 5.43 Å². The number of benzene rings is 1. The molecule has 110 valence electrons. The standard InChI is InChI=1S/C16H24N2O2/c1-6-20-14-9-7-13(8-10-14)16(19)18-17-15(11(2)3)12(4)5/h7-12H,6H2,1-5H3,(H,18,19). The Hall–Kier alpha value is -1.84. The van der Waals surface area contributed by atoms with E-state index in [0.29, 0.717) is 24.0 Å². The van der Waals surface area contributed by atoms with Gasteiger partial charge in [0.15, 0.2) is 0 Å². The van der Waals surface area contributed by atoms with E-state index < -0.39 is 0 Å². The molecule has 0 aliphatic heterocycles. The minimum absolute atomic E-state index is 0.202. The van der Waals surface area contributed by atoms with Crippen molar-refractivity contribution in [3.8, 4) is 5.75 Å². The maximum atomic E-state index is 12.0. The number of nitrogens with zero attached hydrogens (tertiary/aromatic N) is 1. The highest BCUT2D eigenvalue weighted by Crippen LogP contribution is 2.12. The van der Waals surface area contributed by atoms with Crippen LogP contribution in [0.4, 0.5) is 0 Å². The SMILES string of the molecule is CCOc1ccc(C(=O)NN=C(C(C)C)C(C)C)cc1. The summed E-state index contributed by atoms with van der Waals surface area (Å²) in [6.07, 6.45) is 0. The van der Waals surface area contributed by atoms with Gasteiger partial charge in [-0.05, 0) is 43.0 Å². The van der Waals surface area contributed by atoms with E-state index in [2.05, 4.69) is 38.2 Å². The second-order valence-corrected chi connectivity index (χ2v) is 5.24. The fourth-order valence-corrected chi connectivity index (χ4v) is 1.97. The molecular weight excluding hydrogens is 252 g/mol. The summed E-state index contributed by atoms with van der Waals surface area (Å²) >= 11 is 0. The lowest BCUT2D eigenvalue weighted by atomic mass is 9.98. The number of hydrogen-bond donors (Lipinski definition) is 1. The molecule has 4 heteroatoms. The molecule has 0 saturated carbocycles. The Morgan fingerprint density at radius 1 is 1.15 bits per heavy atom. The van der Waals surface area contributed by atoms with Gasteiger partial charge in [-0.25, -0.2) is 5.43 Å². The number of carbonyl (C=O) groups is 1. The lowest BCUT2D eigenvalue weighted by molar-refractivity contribution is 0.0954. The first-order chi connectivity index (χ1) is 9.45. The van der Waals surface area contributed by atoms with Crippen molar-refractivity contribution in [3.63, 3.8) is 0 Å². The zero-order valence-corrected chi connectivity index (χ0v) is 12.9.